The van der Waals surface area contributed by atoms with E-state index in [1.165, 1.54) is 30.3 Å². The van der Waals surface area contributed by atoms with Gasteiger partial charge in [-0.2, -0.15) is 13.2 Å². The van der Waals surface area contributed by atoms with E-state index in [2.05, 4.69) is 5.32 Å². The molecule has 2 N–H and O–H groups in total. The number of hydrogen-bond donors (Lipinski definition) is 2. The van der Waals surface area contributed by atoms with Crippen LogP contribution in [0.5, 0.6) is 0 Å². The Labute approximate surface area is 139 Å². The predicted molar refractivity (Wildman–Crippen MR) is 83.3 cm³/mol. The Morgan fingerprint density at radius 2 is 1.75 bits per heavy atom. The number of benzene rings is 1. The van der Waals surface area contributed by atoms with E-state index in [-0.39, 0.29) is 23.7 Å². The normalized spacial score (nSPS) is 11.3. The minimum atomic E-state index is -4.20. The largest absolute Gasteiger partial charge is 0.477 e. The van der Waals surface area contributed by atoms with Gasteiger partial charge in [-0.1, -0.05) is 12.1 Å². The fourth-order valence-corrected chi connectivity index (χ4v) is 2.75. The molecular weight excluding hydrogens is 343 g/mol. The first-order chi connectivity index (χ1) is 11.2. The number of carbonyl (C=O) groups is 2. The van der Waals surface area contributed by atoms with Gasteiger partial charge in [-0.3, -0.25) is 4.79 Å². The molecule has 4 nitrogen and oxygen atoms in total. The zero-order chi connectivity index (χ0) is 17.7. The summed E-state index contributed by atoms with van der Waals surface area (Å²) in [6.45, 7) is 0.187. The Morgan fingerprint density at radius 3 is 2.29 bits per heavy atom. The van der Waals surface area contributed by atoms with E-state index in [0.717, 1.165) is 11.3 Å². The summed E-state index contributed by atoms with van der Waals surface area (Å²) in [5.41, 5.74) is 0.842. The molecule has 0 unspecified atom stereocenters. The number of carboxylic acid groups (broad SMARTS) is 1. The maximum atomic E-state index is 12.2. The number of thiophene rings is 1. The Kier molecular flexibility index (Phi) is 5.61. The number of aryl methyl sites for hydroxylation is 1. The van der Waals surface area contributed by atoms with Crippen molar-refractivity contribution in [3.8, 4) is 0 Å². The van der Waals surface area contributed by atoms with E-state index in [1.54, 1.807) is 6.07 Å². The highest BCUT2D eigenvalue weighted by Gasteiger charge is 2.26. The van der Waals surface area contributed by atoms with Gasteiger partial charge in [0.15, 0.2) is 0 Å². The first-order valence-corrected chi connectivity index (χ1v) is 7.82. The van der Waals surface area contributed by atoms with E-state index in [1.807, 2.05) is 0 Å². The molecule has 1 aromatic carbocycles. The fourth-order valence-electron chi connectivity index (χ4n) is 1.97. The summed E-state index contributed by atoms with van der Waals surface area (Å²) >= 11 is 1.07. The number of carboxylic acids is 1. The van der Waals surface area contributed by atoms with E-state index < -0.39 is 18.6 Å². The van der Waals surface area contributed by atoms with Gasteiger partial charge < -0.3 is 10.4 Å². The average molecular weight is 357 g/mol. The molecule has 2 aromatic rings. The highest BCUT2D eigenvalue weighted by molar-refractivity contribution is 7.13. The van der Waals surface area contributed by atoms with Crippen LogP contribution in [-0.4, -0.2) is 23.2 Å². The van der Waals surface area contributed by atoms with Crippen LogP contribution in [0.3, 0.4) is 0 Å². The summed E-state index contributed by atoms with van der Waals surface area (Å²) in [5.74, 6) is -1.39. The molecule has 0 spiro atoms. The highest BCUT2D eigenvalue weighted by atomic mass is 32.1. The summed E-state index contributed by atoms with van der Waals surface area (Å²) in [6, 6.07) is 9.01. The summed E-state index contributed by atoms with van der Waals surface area (Å²) in [4.78, 5) is 23.6. The van der Waals surface area contributed by atoms with Crippen LogP contribution in [0.25, 0.3) is 0 Å². The molecule has 128 valence electrons. The molecule has 8 heteroatoms. The van der Waals surface area contributed by atoms with Gasteiger partial charge in [-0.25, -0.2) is 4.79 Å². The molecule has 2 rings (SSSR count). The Hall–Kier alpha value is -2.35. The standard InChI is InChI=1S/C16H14F3NO3S/c17-16(18,19)8-7-10-1-3-11(4-2-10)14(21)20-9-12-5-6-13(24-12)15(22)23/h1-6H,7-9H2,(H,20,21)(H,22,23). The van der Waals surface area contributed by atoms with Crippen molar-refractivity contribution in [2.45, 2.75) is 25.6 Å². The van der Waals surface area contributed by atoms with Crippen molar-refractivity contribution in [2.24, 2.45) is 0 Å². The van der Waals surface area contributed by atoms with Crippen LogP contribution in [-0.2, 0) is 13.0 Å². The van der Waals surface area contributed by atoms with Gasteiger partial charge in [0.25, 0.3) is 5.91 Å². The molecular formula is C16H14F3NO3S. The molecule has 1 aromatic heterocycles. The van der Waals surface area contributed by atoms with Gasteiger partial charge >= 0.3 is 12.1 Å². The van der Waals surface area contributed by atoms with Crippen LogP contribution in [0.15, 0.2) is 36.4 Å². The third kappa shape index (κ3) is 5.38. The molecule has 0 aliphatic heterocycles. The first-order valence-electron chi connectivity index (χ1n) is 7.00. The number of hydrogen-bond acceptors (Lipinski definition) is 3. The van der Waals surface area contributed by atoms with Gasteiger partial charge in [0, 0.05) is 16.9 Å². The zero-order valence-electron chi connectivity index (χ0n) is 12.4. The number of aromatic carboxylic acids is 1. The van der Waals surface area contributed by atoms with Crippen molar-refractivity contribution in [1.29, 1.82) is 0 Å². The van der Waals surface area contributed by atoms with E-state index in [4.69, 9.17) is 5.11 Å². The Bertz CT molecular complexity index is 723. The summed E-state index contributed by atoms with van der Waals surface area (Å²) in [5, 5.41) is 11.5. The van der Waals surface area contributed by atoms with Crippen LogP contribution in [0.4, 0.5) is 13.2 Å². The lowest BCUT2D eigenvalue weighted by Gasteiger charge is -2.07. The fraction of sp³-hybridized carbons (Fsp3) is 0.250. The predicted octanol–water partition coefficient (Wildman–Crippen LogP) is 3.87. The zero-order valence-corrected chi connectivity index (χ0v) is 13.2. The molecule has 0 fully saturated rings. The van der Waals surface area contributed by atoms with Crippen LogP contribution in [0.2, 0.25) is 0 Å². The smallest absolute Gasteiger partial charge is 0.389 e. The van der Waals surface area contributed by atoms with Crippen molar-refractivity contribution in [3.63, 3.8) is 0 Å². The average Bonchev–Trinajstić information content (AvgIpc) is 2.99. The second kappa shape index (κ2) is 7.48. The quantitative estimate of drug-likeness (QED) is 0.825. The van der Waals surface area contributed by atoms with Crippen molar-refractivity contribution in [2.75, 3.05) is 0 Å². The number of halogens is 3. The highest BCUT2D eigenvalue weighted by Crippen LogP contribution is 2.22. The molecule has 1 amide bonds. The van der Waals surface area contributed by atoms with Gasteiger partial charge in [0.05, 0.1) is 6.54 Å². The second-order valence-electron chi connectivity index (χ2n) is 5.07. The monoisotopic (exact) mass is 357 g/mol. The molecule has 0 aliphatic rings. The van der Waals surface area contributed by atoms with Gasteiger partial charge in [0.2, 0.25) is 0 Å². The number of nitrogens with one attached hydrogen (secondary N) is 1. The molecule has 0 radical (unpaired) electrons. The summed E-state index contributed by atoms with van der Waals surface area (Å²) in [7, 11) is 0. The van der Waals surface area contributed by atoms with Crippen LogP contribution in [0, 0.1) is 0 Å². The number of rotatable bonds is 6. The molecule has 0 saturated carbocycles. The Balaban J connectivity index is 1.89. The second-order valence-corrected chi connectivity index (χ2v) is 6.23. The Morgan fingerprint density at radius 1 is 1.08 bits per heavy atom. The van der Waals surface area contributed by atoms with Crippen LogP contribution < -0.4 is 5.32 Å². The van der Waals surface area contributed by atoms with E-state index >= 15 is 0 Å². The van der Waals surface area contributed by atoms with Crippen LogP contribution >= 0.6 is 11.3 Å². The van der Waals surface area contributed by atoms with Crippen molar-refractivity contribution in [1.82, 2.24) is 5.32 Å². The minimum absolute atomic E-state index is 0.126. The van der Waals surface area contributed by atoms with Crippen LogP contribution in [0.1, 0.15) is 36.9 Å². The summed E-state index contributed by atoms with van der Waals surface area (Å²) < 4.78 is 36.5. The number of carbonyl (C=O) groups excluding carboxylic acids is 1. The first kappa shape index (κ1) is 18.0. The molecule has 0 saturated heterocycles. The molecule has 0 atom stereocenters. The molecule has 1 heterocycles. The van der Waals surface area contributed by atoms with Crippen molar-refractivity contribution in [3.05, 3.63) is 57.3 Å². The minimum Gasteiger partial charge on any atom is -0.477 e. The maximum Gasteiger partial charge on any atom is 0.389 e. The summed E-state index contributed by atoms with van der Waals surface area (Å²) in [6.07, 6.45) is -5.23. The van der Waals surface area contributed by atoms with Crippen molar-refractivity contribution < 1.29 is 27.9 Å². The van der Waals surface area contributed by atoms with Gasteiger partial charge in [0.1, 0.15) is 4.88 Å². The van der Waals surface area contributed by atoms with E-state index in [0.29, 0.717) is 16.0 Å². The van der Waals surface area contributed by atoms with E-state index in [9.17, 15) is 22.8 Å². The molecule has 0 bridgehead atoms. The lowest BCUT2D eigenvalue weighted by Crippen LogP contribution is -2.22. The number of amides is 1. The SMILES string of the molecule is O=C(NCc1ccc(C(=O)O)s1)c1ccc(CCC(F)(F)F)cc1. The topological polar surface area (TPSA) is 66.4 Å². The molecule has 24 heavy (non-hydrogen) atoms. The third-order valence-corrected chi connectivity index (χ3v) is 4.28. The number of alkyl halides is 3. The van der Waals surface area contributed by atoms with Gasteiger partial charge in [-0.05, 0) is 36.2 Å². The maximum absolute atomic E-state index is 12.2. The lowest BCUT2D eigenvalue weighted by molar-refractivity contribution is -0.134. The lowest BCUT2D eigenvalue weighted by atomic mass is 10.1. The van der Waals surface area contributed by atoms with Crippen molar-refractivity contribution >= 4 is 23.2 Å². The molecule has 0 aliphatic carbocycles. The van der Waals surface area contributed by atoms with Gasteiger partial charge in [-0.15, -0.1) is 11.3 Å². The third-order valence-electron chi connectivity index (χ3n) is 3.21.